The van der Waals surface area contributed by atoms with Gasteiger partial charge >= 0.3 is 0 Å². The number of nitro groups is 1. The minimum Gasteiger partial charge on any atom is -0.497 e. The summed E-state index contributed by atoms with van der Waals surface area (Å²) in [5.41, 5.74) is 0.616. The van der Waals surface area contributed by atoms with Crippen molar-refractivity contribution in [3.05, 3.63) is 93.0 Å². The quantitative estimate of drug-likeness (QED) is 0.131. The number of amides is 2. The molecule has 0 saturated carbocycles. The fraction of sp³-hybridized carbons (Fsp3) is 0.355. The first-order valence-corrected chi connectivity index (χ1v) is 16.0. The molecule has 11 nitrogen and oxygen atoms in total. The number of unbranched alkanes of at least 4 members (excludes halogenated alkanes) is 1. The van der Waals surface area contributed by atoms with Crippen LogP contribution in [0, 0.1) is 17.0 Å². The Labute approximate surface area is 263 Å². The lowest BCUT2D eigenvalue weighted by Crippen LogP contribution is -2.52. The van der Waals surface area contributed by atoms with Gasteiger partial charge in [-0.3, -0.25) is 24.0 Å². The van der Waals surface area contributed by atoms with E-state index in [0.29, 0.717) is 22.9 Å². The van der Waals surface area contributed by atoms with E-state index in [-0.39, 0.29) is 40.7 Å². The lowest BCUT2D eigenvalue weighted by Gasteiger charge is -2.33. The first kappa shape index (κ1) is 34.3. The summed E-state index contributed by atoms with van der Waals surface area (Å²) >= 11 is 6.43. The Morgan fingerprint density at radius 2 is 1.75 bits per heavy atom. The van der Waals surface area contributed by atoms with Gasteiger partial charge in [0.05, 0.1) is 22.6 Å². The molecular weight excluding hydrogens is 608 g/mol. The molecule has 0 unspecified atom stereocenters. The topological polar surface area (TPSA) is 139 Å². The van der Waals surface area contributed by atoms with Gasteiger partial charge in [-0.25, -0.2) is 8.42 Å². The lowest BCUT2D eigenvalue weighted by atomic mass is 10.1. The van der Waals surface area contributed by atoms with Crippen LogP contribution in [0.3, 0.4) is 0 Å². The number of carbonyl (C=O) groups excluding carboxylic acids is 2. The highest BCUT2D eigenvalue weighted by Crippen LogP contribution is 2.30. The second kappa shape index (κ2) is 15.5. The van der Waals surface area contributed by atoms with E-state index < -0.39 is 33.4 Å². The van der Waals surface area contributed by atoms with Crippen LogP contribution in [0.25, 0.3) is 0 Å². The molecule has 0 aliphatic carbocycles. The van der Waals surface area contributed by atoms with Crippen molar-refractivity contribution in [2.24, 2.45) is 0 Å². The van der Waals surface area contributed by atoms with E-state index in [9.17, 15) is 28.1 Å². The van der Waals surface area contributed by atoms with Crippen LogP contribution >= 0.6 is 11.6 Å². The maximum atomic E-state index is 14.2. The van der Waals surface area contributed by atoms with Crippen molar-refractivity contribution in [2.45, 2.75) is 57.5 Å². The molecule has 13 heteroatoms. The second-order valence-electron chi connectivity index (χ2n) is 10.1. The van der Waals surface area contributed by atoms with Gasteiger partial charge in [-0.05, 0) is 61.7 Å². The number of rotatable bonds is 15. The van der Waals surface area contributed by atoms with Crippen molar-refractivity contribution in [1.82, 2.24) is 10.2 Å². The van der Waals surface area contributed by atoms with E-state index in [4.69, 9.17) is 16.3 Å². The van der Waals surface area contributed by atoms with E-state index >= 15 is 0 Å². The van der Waals surface area contributed by atoms with Crippen molar-refractivity contribution in [3.63, 3.8) is 0 Å². The molecule has 0 spiro atoms. The van der Waals surface area contributed by atoms with E-state index in [1.807, 2.05) is 6.92 Å². The zero-order valence-corrected chi connectivity index (χ0v) is 26.7. The molecule has 0 aliphatic heterocycles. The number of sulfonamides is 1. The molecule has 1 atom stereocenters. The summed E-state index contributed by atoms with van der Waals surface area (Å²) in [6.07, 6.45) is 1.88. The van der Waals surface area contributed by atoms with Crippen LogP contribution in [-0.2, 0) is 26.2 Å². The number of methoxy groups -OCH3 is 1. The smallest absolute Gasteiger partial charge is 0.273 e. The number of nitro benzene ring substituents is 1. The molecule has 3 aromatic carbocycles. The Balaban J connectivity index is 2.11. The van der Waals surface area contributed by atoms with E-state index in [1.54, 1.807) is 31.2 Å². The average Bonchev–Trinajstić information content (AvgIpc) is 3.00. The molecule has 0 saturated heterocycles. The number of anilines is 1. The summed E-state index contributed by atoms with van der Waals surface area (Å²) in [4.78, 5) is 39.4. The Bertz CT molecular complexity index is 1580. The summed E-state index contributed by atoms with van der Waals surface area (Å²) < 4.78 is 34.3. The third-order valence-electron chi connectivity index (χ3n) is 7.12. The van der Waals surface area contributed by atoms with Gasteiger partial charge in [-0.1, -0.05) is 56.1 Å². The molecule has 3 rings (SSSR count). The van der Waals surface area contributed by atoms with E-state index in [1.165, 1.54) is 55.3 Å². The molecule has 0 aromatic heterocycles. The number of carbonyl (C=O) groups is 2. The zero-order valence-electron chi connectivity index (χ0n) is 25.2. The molecule has 236 valence electrons. The van der Waals surface area contributed by atoms with E-state index in [0.717, 1.165) is 23.2 Å². The highest BCUT2D eigenvalue weighted by molar-refractivity contribution is 7.92. The second-order valence-corrected chi connectivity index (χ2v) is 12.4. The number of nitrogens with one attached hydrogen (secondary N) is 1. The van der Waals surface area contributed by atoms with E-state index in [2.05, 4.69) is 5.32 Å². The number of hydrogen-bond acceptors (Lipinski definition) is 7. The highest BCUT2D eigenvalue weighted by Gasteiger charge is 2.34. The van der Waals surface area contributed by atoms with Crippen LogP contribution in [0.4, 0.5) is 11.4 Å². The SMILES string of the molecule is CCCCNC(=O)[C@H](CC)N(Cc1ccccc1Cl)C(=O)CN(c1ccc(OC)cc1)S(=O)(=O)c1ccc(C)c([N+](=O)[O-])c1. The van der Waals surface area contributed by atoms with Gasteiger partial charge < -0.3 is 15.0 Å². The first-order valence-electron chi connectivity index (χ1n) is 14.2. The van der Waals surface area contributed by atoms with Crippen molar-refractivity contribution in [2.75, 3.05) is 24.5 Å². The van der Waals surface area contributed by atoms with Crippen molar-refractivity contribution in [1.29, 1.82) is 0 Å². The van der Waals surface area contributed by atoms with Gasteiger partial charge in [0, 0.05) is 29.7 Å². The van der Waals surface area contributed by atoms with Gasteiger partial charge in [-0.15, -0.1) is 0 Å². The largest absolute Gasteiger partial charge is 0.497 e. The molecule has 0 radical (unpaired) electrons. The lowest BCUT2D eigenvalue weighted by molar-refractivity contribution is -0.385. The maximum absolute atomic E-state index is 14.2. The number of halogens is 1. The van der Waals surface area contributed by atoms with Crippen molar-refractivity contribution >= 4 is 44.8 Å². The number of hydrogen-bond donors (Lipinski definition) is 1. The summed E-state index contributed by atoms with van der Waals surface area (Å²) in [5, 5.41) is 14.9. The molecule has 2 amide bonds. The van der Waals surface area contributed by atoms with Crippen LogP contribution in [0.5, 0.6) is 5.75 Å². The predicted octanol–water partition coefficient (Wildman–Crippen LogP) is 5.48. The maximum Gasteiger partial charge on any atom is 0.273 e. The zero-order chi connectivity index (χ0) is 32.4. The minimum atomic E-state index is -4.51. The fourth-order valence-corrected chi connectivity index (χ4v) is 6.22. The molecule has 1 N–H and O–H groups in total. The van der Waals surface area contributed by atoms with Crippen LogP contribution in [-0.4, -0.2) is 56.3 Å². The molecule has 0 fully saturated rings. The standard InChI is InChI=1S/C31H37ClN4O7S/c1-5-7-18-33-31(38)28(6-2)34(20-23-10-8-9-11-27(23)32)30(37)21-35(24-13-15-25(43-4)16-14-24)44(41,42)26-17-12-22(3)29(19-26)36(39)40/h8-17,19,28H,5-7,18,20-21H2,1-4H3,(H,33,38)/t28-/m0/s1. The summed E-state index contributed by atoms with van der Waals surface area (Å²) in [6, 6.07) is 15.6. The van der Waals surface area contributed by atoms with Crippen LogP contribution in [0.1, 0.15) is 44.2 Å². The molecule has 3 aromatic rings. The number of ether oxygens (including phenoxy) is 1. The molecule has 0 aliphatic rings. The minimum absolute atomic E-state index is 0.0509. The number of aryl methyl sites for hydroxylation is 1. The summed E-state index contributed by atoms with van der Waals surface area (Å²) in [6.45, 7) is 4.94. The number of nitrogens with zero attached hydrogens (tertiary/aromatic N) is 3. The fourth-order valence-electron chi connectivity index (χ4n) is 4.59. The Morgan fingerprint density at radius 3 is 2.34 bits per heavy atom. The van der Waals surface area contributed by atoms with Gasteiger partial charge in [0.1, 0.15) is 18.3 Å². The van der Waals surface area contributed by atoms with Gasteiger partial charge in [0.25, 0.3) is 15.7 Å². The highest BCUT2D eigenvalue weighted by atomic mass is 35.5. The predicted molar refractivity (Wildman–Crippen MR) is 169 cm³/mol. The van der Waals surface area contributed by atoms with Gasteiger partial charge in [0.15, 0.2) is 0 Å². The summed E-state index contributed by atoms with van der Waals surface area (Å²) in [5.74, 6) is -0.573. The van der Waals surface area contributed by atoms with Gasteiger partial charge in [0.2, 0.25) is 11.8 Å². The monoisotopic (exact) mass is 644 g/mol. The van der Waals surface area contributed by atoms with Crippen molar-refractivity contribution in [3.8, 4) is 5.75 Å². The van der Waals surface area contributed by atoms with Crippen LogP contribution < -0.4 is 14.4 Å². The van der Waals surface area contributed by atoms with Crippen LogP contribution in [0.15, 0.2) is 71.6 Å². The third kappa shape index (κ3) is 8.26. The Morgan fingerprint density at radius 1 is 1.07 bits per heavy atom. The molecule has 44 heavy (non-hydrogen) atoms. The molecule has 0 heterocycles. The first-order chi connectivity index (χ1) is 20.9. The Hall–Kier alpha value is -4.16. The average molecular weight is 645 g/mol. The normalized spacial score (nSPS) is 11.8. The summed E-state index contributed by atoms with van der Waals surface area (Å²) in [7, 11) is -3.05. The molecular formula is C31H37ClN4O7S. The third-order valence-corrected chi connectivity index (χ3v) is 9.26. The Kier molecular flexibility index (Phi) is 12.1. The van der Waals surface area contributed by atoms with Crippen LogP contribution in [0.2, 0.25) is 5.02 Å². The molecule has 0 bridgehead atoms. The van der Waals surface area contributed by atoms with Gasteiger partial charge in [-0.2, -0.15) is 0 Å². The van der Waals surface area contributed by atoms with Crippen molar-refractivity contribution < 1.29 is 27.7 Å². The number of benzene rings is 3.